The lowest BCUT2D eigenvalue weighted by Gasteiger charge is -2.03. The lowest BCUT2D eigenvalue weighted by atomic mass is 10.0. The Morgan fingerprint density at radius 2 is 2.11 bits per heavy atom. The van der Waals surface area contributed by atoms with Crippen LogP contribution >= 0.6 is 0 Å². The van der Waals surface area contributed by atoms with Gasteiger partial charge in [0.25, 0.3) is 5.89 Å². The van der Waals surface area contributed by atoms with Crippen molar-refractivity contribution < 1.29 is 4.52 Å². The van der Waals surface area contributed by atoms with Crippen LogP contribution in [-0.4, -0.2) is 16.7 Å². The molecular weight excluding hydrogens is 226 g/mol. The van der Waals surface area contributed by atoms with Crippen LogP contribution in [0.25, 0.3) is 11.5 Å². The van der Waals surface area contributed by atoms with Crippen LogP contribution in [0.4, 0.5) is 0 Å². The van der Waals surface area contributed by atoms with Crippen molar-refractivity contribution in [3.63, 3.8) is 0 Å². The number of benzene rings is 1. The van der Waals surface area contributed by atoms with Crippen molar-refractivity contribution in [2.24, 2.45) is 11.7 Å². The van der Waals surface area contributed by atoms with E-state index in [-0.39, 0.29) is 0 Å². The Labute approximate surface area is 106 Å². The SMILES string of the molecule is NCCc1ccccc1-c1nc(CC2CC2)no1. The van der Waals surface area contributed by atoms with Gasteiger partial charge in [-0.2, -0.15) is 4.98 Å². The van der Waals surface area contributed by atoms with Crippen molar-refractivity contribution in [2.75, 3.05) is 6.54 Å². The van der Waals surface area contributed by atoms with Crippen LogP contribution in [0.3, 0.4) is 0 Å². The van der Waals surface area contributed by atoms with Crippen molar-refractivity contribution in [2.45, 2.75) is 25.7 Å². The fourth-order valence-electron chi connectivity index (χ4n) is 2.13. The summed E-state index contributed by atoms with van der Waals surface area (Å²) >= 11 is 0. The van der Waals surface area contributed by atoms with Crippen LogP contribution in [0.5, 0.6) is 0 Å². The molecule has 1 aliphatic rings. The van der Waals surface area contributed by atoms with Crippen molar-refractivity contribution in [1.82, 2.24) is 10.1 Å². The van der Waals surface area contributed by atoms with Crippen LogP contribution < -0.4 is 5.73 Å². The number of hydrogen-bond acceptors (Lipinski definition) is 4. The standard InChI is InChI=1S/C14H17N3O/c15-8-7-11-3-1-2-4-12(11)14-16-13(17-18-14)9-10-5-6-10/h1-4,10H,5-9,15H2. The fraction of sp³-hybridized carbons (Fsp3) is 0.429. The molecule has 4 nitrogen and oxygen atoms in total. The van der Waals surface area contributed by atoms with Crippen molar-refractivity contribution in [3.05, 3.63) is 35.7 Å². The number of hydrogen-bond donors (Lipinski definition) is 1. The van der Waals surface area contributed by atoms with E-state index in [1.165, 1.54) is 18.4 Å². The minimum Gasteiger partial charge on any atom is -0.334 e. The number of rotatable bonds is 5. The highest BCUT2D eigenvalue weighted by Gasteiger charge is 2.24. The summed E-state index contributed by atoms with van der Waals surface area (Å²) in [6.45, 7) is 0.625. The molecule has 18 heavy (non-hydrogen) atoms. The quantitative estimate of drug-likeness (QED) is 0.874. The summed E-state index contributed by atoms with van der Waals surface area (Å²) in [5, 5.41) is 4.06. The van der Waals surface area contributed by atoms with Gasteiger partial charge in [-0.15, -0.1) is 0 Å². The molecule has 1 aliphatic carbocycles. The molecule has 0 amide bonds. The van der Waals surface area contributed by atoms with Gasteiger partial charge in [-0.1, -0.05) is 23.4 Å². The van der Waals surface area contributed by atoms with Crippen LogP contribution in [0, 0.1) is 5.92 Å². The molecule has 2 aromatic rings. The molecule has 0 aliphatic heterocycles. The first-order valence-electron chi connectivity index (χ1n) is 6.47. The zero-order chi connectivity index (χ0) is 12.4. The molecule has 3 rings (SSSR count). The highest BCUT2D eigenvalue weighted by atomic mass is 16.5. The molecule has 0 bridgehead atoms. The normalized spacial score (nSPS) is 14.9. The van der Waals surface area contributed by atoms with E-state index in [1.807, 2.05) is 18.2 Å². The average Bonchev–Trinajstić information content (AvgIpc) is 3.07. The third kappa shape index (κ3) is 2.43. The molecule has 94 valence electrons. The largest absolute Gasteiger partial charge is 0.334 e. The van der Waals surface area contributed by atoms with Gasteiger partial charge in [-0.25, -0.2) is 0 Å². The van der Waals surface area contributed by atoms with Crippen LogP contribution in [-0.2, 0) is 12.8 Å². The van der Waals surface area contributed by atoms with Crippen LogP contribution in [0.2, 0.25) is 0 Å². The third-order valence-corrected chi connectivity index (χ3v) is 3.30. The topological polar surface area (TPSA) is 64.9 Å². The molecule has 0 spiro atoms. The first kappa shape index (κ1) is 11.4. The smallest absolute Gasteiger partial charge is 0.258 e. The van der Waals surface area contributed by atoms with Gasteiger partial charge in [0.05, 0.1) is 0 Å². The first-order chi connectivity index (χ1) is 8.86. The summed E-state index contributed by atoms with van der Waals surface area (Å²) in [6.07, 6.45) is 4.38. The molecule has 1 fully saturated rings. The van der Waals surface area contributed by atoms with Gasteiger partial charge in [0.1, 0.15) is 0 Å². The number of aromatic nitrogens is 2. The summed E-state index contributed by atoms with van der Waals surface area (Å²) in [4.78, 5) is 4.48. The zero-order valence-corrected chi connectivity index (χ0v) is 10.3. The highest BCUT2D eigenvalue weighted by molar-refractivity contribution is 5.58. The number of nitrogens with two attached hydrogens (primary N) is 1. The van der Waals surface area contributed by atoms with Gasteiger partial charge in [0, 0.05) is 12.0 Å². The maximum atomic E-state index is 5.62. The van der Waals surface area contributed by atoms with E-state index in [4.69, 9.17) is 10.3 Å². The summed E-state index contributed by atoms with van der Waals surface area (Å²) in [7, 11) is 0. The fourth-order valence-corrected chi connectivity index (χ4v) is 2.13. The molecule has 2 N–H and O–H groups in total. The Hall–Kier alpha value is -1.68. The predicted molar refractivity (Wildman–Crippen MR) is 68.9 cm³/mol. The Balaban J connectivity index is 1.86. The minimum absolute atomic E-state index is 0.620. The van der Waals surface area contributed by atoms with E-state index in [0.29, 0.717) is 12.4 Å². The van der Waals surface area contributed by atoms with Gasteiger partial charge in [0.15, 0.2) is 5.82 Å². The van der Waals surface area contributed by atoms with E-state index in [2.05, 4.69) is 16.2 Å². The maximum absolute atomic E-state index is 5.62. The van der Waals surface area contributed by atoms with Gasteiger partial charge in [-0.3, -0.25) is 0 Å². The van der Waals surface area contributed by atoms with Crippen LogP contribution in [0.1, 0.15) is 24.2 Å². The van der Waals surface area contributed by atoms with Crippen molar-refractivity contribution in [1.29, 1.82) is 0 Å². The Bertz CT molecular complexity index is 531. The van der Waals surface area contributed by atoms with Crippen molar-refractivity contribution in [3.8, 4) is 11.5 Å². The summed E-state index contributed by atoms with van der Waals surface area (Å²) in [6, 6.07) is 8.07. The molecule has 1 aromatic carbocycles. The van der Waals surface area contributed by atoms with E-state index in [9.17, 15) is 0 Å². The van der Waals surface area contributed by atoms with Gasteiger partial charge >= 0.3 is 0 Å². The summed E-state index contributed by atoms with van der Waals surface area (Å²) in [5.41, 5.74) is 7.80. The molecule has 4 heteroatoms. The molecule has 0 saturated heterocycles. The lowest BCUT2D eigenvalue weighted by Crippen LogP contribution is -2.03. The summed E-state index contributed by atoms with van der Waals surface area (Å²) in [5.74, 6) is 2.22. The van der Waals surface area contributed by atoms with Gasteiger partial charge < -0.3 is 10.3 Å². The monoisotopic (exact) mass is 243 g/mol. The molecule has 1 aromatic heterocycles. The van der Waals surface area contributed by atoms with E-state index >= 15 is 0 Å². The Kier molecular flexibility index (Phi) is 3.11. The van der Waals surface area contributed by atoms with Crippen LogP contribution in [0.15, 0.2) is 28.8 Å². The zero-order valence-electron chi connectivity index (χ0n) is 10.3. The second-order valence-corrected chi connectivity index (χ2v) is 4.86. The molecular formula is C14H17N3O. The average molecular weight is 243 g/mol. The van der Waals surface area contributed by atoms with E-state index in [0.717, 1.165) is 30.1 Å². The van der Waals surface area contributed by atoms with E-state index < -0.39 is 0 Å². The predicted octanol–water partition coefficient (Wildman–Crippen LogP) is 2.19. The molecule has 0 unspecified atom stereocenters. The molecule has 1 saturated carbocycles. The lowest BCUT2D eigenvalue weighted by molar-refractivity contribution is 0.420. The molecule has 1 heterocycles. The Morgan fingerprint density at radius 1 is 1.28 bits per heavy atom. The second kappa shape index (κ2) is 4.90. The highest BCUT2D eigenvalue weighted by Crippen LogP contribution is 2.32. The Morgan fingerprint density at radius 3 is 2.89 bits per heavy atom. The van der Waals surface area contributed by atoms with E-state index in [1.54, 1.807) is 0 Å². The first-order valence-corrected chi connectivity index (χ1v) is 6.47. The number of nitrogens with zero attached hydrogens (tertiary/aromatic N) is 2. The van der Waals surface area contributed by atoms with Crippen molar-refractivity contribution >= 4 is 0 Å². The minimum atomic E-state index is 0.620. The van der Waals surface area contributed by atoms with Gasteiger partial charge in [0.2, 0.25) is 0 Å². The molecule has 0 radical (unpaired) electrons. The third-order valence-electron chi connectivity index (χ3n) is 3.30. The van der Waals surface area contributed by atoms with Gasteiger partial charge in [-0.05, 0) is 43.4 Å². The second-order valence-electron chi connectivity index (χ2n) is 4.86. The molecule has 0 atom stereocenters. The summed E-state index contributed by atoms with van der Waals surface area (Å²) < 4.78 is 5.36. The maximum Gasteiger partial charge on any atom is 0.258 e.